The Kier molecular flexibility index (Phi) is 6.13. The minimum Gasteiger partial charge on any atom is -0.350 e. The van der Waals surface area contributed by atoms with Crippen molar-refractivity contribution in [3.8, 4) is 0 Å². The zero-order valence-electron chi connectivity index (χ0n) is 15.9. The molecule has 0 aliphatic carbocycles. The first-order valence-electron chi connectivity index (χ1n) is 9.86. The van der Waals surface area contributed by atoms with Crippen molar-refractivity contribution in [1.82, 2.24) is 15.5 Å². The van der Waals surface area contributed by atoms with Crippen molar-refractivity contribution in [2.24, 2.45) is 11.8 Å². The molecule has 3 rings (SSSR count). The van der Waals surface area contributed by atoms with Crippen molar-refractivity contribution in [3.05, 3.63) is 35.4 Å². The summed E-state index contributed by atoms with van der Waals surface area (Å²) in [5.41, 5.74) is 2.61. The molecule has 25 heavy (non-hydrogen) atoms. The highest BCUT2D eigenvalue weighted by atomic mass is 16.2. The van der Waals surface area contributed by atoms with E-state index in [0.29, 0.717) is 5.92 Å². The van der Waals surface area contributed by atoms with Crippen molar-refractivity contribution < 1.29 is 4.79 Å². The fourth-order valence-electron chi connectivity index (χ4n) is 4.08. The molecule has 2 N–H and O–H groups in total. The van der Waals surface area contributed by atoms with Crippen LogP contribution in [-0.2, 0) is 17.8 Å². The summed E-state index contributed by atoms with van der Waals surface area (Å²) >= 11 is 0. The summed E-state index contributed by atoms with van der Waals surface area (Å²) in [5.74, 6) is 1.36. The van der Waals surface area contributed by atoms with E-state index >= 15 is 0 Å². The third kappa shape index (κ3) is 4.83. The summed E-state index contributed by atoms with van der Waals surface area (Å²) < 4.78 is 0. The molecule has 1 fully saturated rings. The molecule has 4 nitrogen and oxygen atoms in total. The lowest BCUT2D eigenvalue weighted by Gasteiger charge is -2.36. The molecule has 1 aromatic carbocycles. The van der Waals surface area contributed by atoms with E-state index < -0.39 is 0 Å². The van der Waals surface area contributed by atoms with Gasteiger partial charge in [0.25, 0.3) is 0 Å². The molecule has 0 bridgehead atoms. The molecule has 0 aromatic heterocycles. The molecule has 3 atom stereocenters. The maximum absolute atomic E-state index is 12.8. The Hall–Kier alpha value is -1.39. The zero-order chi connectivity index (χ0) is 17.8. The topological polar surface area (TPSA) is 44.4 Å². The van der Waals surface area contributed by atoms with Gasteiger partial charge in [-0.2, -0.15) is 0 Å². The van der Waals surface area contributed by atoms with Crippen molar-refractivity contribution in [2.75, 3.05) is 19.6 Å². The predicted molar refractivity (Wildman–Crippen MR) is 102 cm³/mol. The first-order valence-corrected chi connectivity index (χ1v) is 9.86. The summed E-state index contributed by atoms with van der Waals surface area (Å²) in [6.45, 7) is 10.8. The Balaban J connectivity index is 1.57. The van der Waals surface area contributed by atoms with E-state index in [9.17, 15) is 4.79 Å². The largest absolute Gasteiger partial charge is 0.350 e. The third-order valence-electron chi connectivity index (χ3n) is 5.73. The highest BCUT2D eigenvalue weighted by Gasteiger charge is 2.28. The van der Waals surface area contributed by atoms with Crippen LogP contribution in [0.4, 0.5) is 0 Å². The van der Waals surface area contributed by atoms with Crippen LogP contribution in [0.1, 0.15) is 44.7 Å². The van der Waals surface area contributed by atoms with Gasteiger partial charge in [0.15, 0.2) is 0 Å². The van der Waals surface area contributed by atoms with Gasteiger partial charge < -0.3 is 15.5 Å². The van der Waals surface area contributed by atoms with Crippen molar-refractivity contribution in [2.45, 2.75) is 58.7 Å². The maximum Gasteiger partial charge on any atom is 0.237 e. The maximum atomic E-state index is 12.8. The van der Waals surface area contributed by atoms with Gasteiger partial charge in [0.05, 0.1) is 6.04 Å². The molecule has 138 valence electrons. The number of carbonyl (C=O) groups is 1. The van der Waals surface area contributed by atoms with E-state index in [4.69, 9.17) is 0 Å². The van der Waals surface area contributed by atoms with Crippen molar-refractivity contribution >= 4 is 5.91 Å². The Morgan fingerprint density at radius 2 is 2.08 bits per heavy atom. The molecular weight excluding hydrogens is 310 g/mol. The smallest absolute Gasteiger partial charge is 0.237 e. The number of hydrogen-bond donors (Lipinski definition) is 2. The normalized spacial score (nSPS) is 25.4. The Morgan fingerprint density at radius 3 is 2.80 bits per heavy atom. The summed E-state index contributed by atoms with van der Waals surface area (Å²) in [5, 5.41) is 6.74. The van der Waals surface area contributed by atoms with E-state index in [1.807, 2.05) is 0 Å². The highest BCUT2D eigenvalue weighted by Crippen LogP contribution is 2.18. The zero-order valence-corrected chi connectivity index (χ0v) is 15.9. The van der Waals surface area contributed by atoms with Gasteiger partial charge in [-0.3, -0.25) is 4.79 Å². The van der Waals surface area contributed by atoms with Gasteiger partial charge in [0.1, 0.15) is 0 Å². The van der Waals surface area contributed by atoms with Crippen LogP contribution in [0.25, 0.3) is 0 Å². The van der Waals surface area contributed by atoms with Gasteiger partial charge in [-0.1, -0.05) is 45.0 Å². The van der Waals surface area contributed by atoms with Crippen molar-refractivity contribution in [3.63, 3.8) is 0 Å². The van der Waals surface area contributed by atoms with Crippen LogP contribution in [-0.4, -0.2) is 42.5 Å². The lowest BCUT2D eigenvalue weighted by Crippen LogP contribution is -2.55. The number of nitrogens with zero attached hydrogens (tertiary/aromatic N) is 1. The highest BCUT2D eigenvalue weighted by molar-refractivity contribution is 5.82. The molecule has 4 heteroatoms. The second-order valence-corrected chi connectivity index (χ2v) is 8.27. The predicted octanol–water partition coefficient (Wildman–Crippen LogP) is 2.57. The van der Waals surface area contributed by atoms with Crippen LogP contribution in [0.2, 0.25) is 0 Å². The average Bonchev–Trinajstić information content (AvgIpc) is 2.60. The number of hydrogen-bond acceptors (Lipinski definition) is 3. The standard InChI is InChI=1S/C21H33N3O/c1-15(2)20(14-24-10-6-7-16(3)13-24)23-21(25)19-11-17-8-4-5-9-18(17)12-22-19/h4-5,8-9,15-16,19-20,22H,6-7,10-14H2,1-3H3,(H,23,25). The van der Waals surface area contributed by atoms with Gasteiger partial charge >= 0.3 is 0 Å². The fraction of sp³-hybridized carbons (Fsp3) is 0.667. The summed E-state index contributed by atoms with van der Waals surface area (Å²) in [6, 6.07) is 8.52. The van der Waals surface area contributed by atoms with Gasteiger partial charge in [0.2, 0.25) is 5.91 Å². The first kappa shape index (κ1) is 18.4. The monoisotopic (exact) mass is 343 g/mol. The van der Waals surface area contributed by atoms with Crippen LogP contribution in [0, 0.1) is 11.8 Å². The molecule has 0 radical (unpaired) electrons. The van der Waals surface area contributed by atoms with Gasteiger partial charge in [-0.05, 0) is 48.8 Å². The van der Waals surface area contributed by atoms with E-state index in [1.54, 1.807) is 0 Å². The number of fused-ring (bicyclic) bond motifs is 1. The number of carbonyl (C=O) groups excluding carboxylic acids is 1. The second-order valence-electron chi connectivity index (χ2n) is 8.27. The number of benzene rings is 1. The quantitative estimate of drug-likeness (QED) is 0.864. The number of rotatable bonds is 5. The molecule has 1 saturated heterocycles. The van der Waals surface area contributed by atoms with E-state index in [1.165, 1.54) is 30.5 Å². The minimum atomic E-state index is -0.114. The molecule has 0 spiro atoms. The van der Waals surface area contributed by atoms with Gasteiger partial charge in [-0.25, -0.2) is 0 Å². The molecule has 2 heterocycles. The third-order valence-corrected chi connectivity index (χ3v) is 5.73. The Morgan fingerprint density at radius 1 is 1.32 bits per heavy atom. The van der Waals surface area contributed by atoms with E-state index in [2.05, 4.69) is 60.6 Å². The summed E-state index contributed by atoms with van der Waals surface area (Å²) in [6.07, 6.45) is 3.40. The summed E-state index contributed by atoms with van der Waals surface area (Å²) in [4.78, 5) is 15.4. The number of piperidine rings is 1. The minimum absolute atomic E-state index is 0.114. The van der Waals surface area contributed by atoms with Gasteiger partial charge in [0, 0.05) is 25.7 Å². The second kappa shape index (κ2) is 8.33. The summed E-state index contributed by atoms with van der Waals surface area (Å²) in [7, 11) is 0. The first-order chi connectivity index (χ1) is 12.0. The SMILES string of the molecule is CC1CCCN(CC(NC(=O)C2Cc3ccccc3CN2)C(C)C)C1. The lowest BCUT2D eigenvalue weighted by molar-refractivity contribution is -0.124. The van der Waals surface area contributed by atoms with Crippen molar-refractivity contribution in [1.29, 1.82) is 0 Å². The van der Waals surface area contributed by atoms with Gasteiger partial charge in [-0.15, -0.1) is 0 Å². The lowest BCUT2D eigenvalue weighted by atomic mass is 9.94. The van der Waals surface area contributed by atoms with Crippen LogP contribution in [0.15, 0.2) is 24.3 Å². The molecule has 0 saturated carbocycles. The Labute approximate surface area is 152 Å². The van der Waals surface area contributed by atoms with E-state index in [0.717, 1.165) is 32.0 Å². The molecule has 1 amide bonds. The van der Waals surface area contributed by atoms with Crippen LogP contribution >= 0.6 is 0 Å². The van der Waals surface area contributed by atoms with Crippen LogP contribution < -0.4 is 10.6 Å². The Bertz CT molecular complexity index is 586. The molecular formula is C21H33N3O. The number of nitrogens with one attached hydrogen (secondary N) is 2. The van der Waals surface area contributed by atoms with Crippen LogP contribution in [0.5, 0.6) is 0 Å². The fourth-order valence-corrected chi connectivity index (χ4v) is 4.08. The molecule has 2 aliphatic heterocycles. The average molecular weight is 344 g/mol. The van der Waals surface area contributed by atoms with Crippen LogP contribution in [0.3, 0.4) is 0 Å². The molecule has 1 aromatic rings. The molecule has 2 aliphatic rings. The van der Waals surface area contributed by atoms with E-state index in [-0.39, 0.29) is 18.0 Å². The molecule has 3 unspecified atom stereocenters. The number of amides is 1. The number of likely N-dealkylation sites (tertiary alicyclic amines) is 1.